The third-order valence-electron chi connectivity index (χ3n) is 4.79. The summed E-state index contributed by atoms with van der Waals surface area (Å²) in [6, 6.07) is 7.32. The molecule has 0 bridgehead atoms. The van der Waals surface area contributed by atoms with E-state index in [9.17, 15) is 9.59 Å². The lowest BCUT2D eigenvalue weighted by Gasteiger charge is -2.22. The van der Waals surface area contributed by atoms with Crippen LogP contribution in [0.4, 0.5) is 5.69 Å². The highest BCUT2D eigenvalue weighted by molar-refractivity contribution is 8.00. The van der Waals surface area contributed by atoms with E-state index in [2.05, 4.69) is 10.3 Å². The summed E-state index contributed by atoms with van der Waals surface area (Å²) in [6.07, 6.45) is 4.31. The number of benzene rings is 1. The second-order valence-electron chi connectivity index (χ2n) is 6.83. The van der Waals surface area contributed by atoms with E-state index >= 15 is 0 Å². The second-order valence-corrected chi connectivity index (χ2v) is 7.79. The van der Waals surface area contributed by atoms with E-state index in [-0.39, 0.29) is 24.0 Å². The number of aromatic nitrogens is 2. The maximum atomic E-state index is 12.5. The first-order valence-electron chi connectivity index (χ1n) is 10.0. The quantitative estimate of drug-likeness (QED) is 0.481. The zero-order valence-corrected chi connectivity index (χ0v) is 17.5. The predicted octanol–water partition coefficient (Wildman–Crippen LogP) is 2.63. The number of carbonyl (C=O) groups is 1. The minimum absolute atomic E-state index is 0.0428. The molecule has 1 aliphatic rings. The van der Waals surface area contributed by atoms with E-state index in [1.807, 2.05) is 25.1 Å². The summed E-state index contributed by atoms with van der Waals surface area (Å²) in [7, 11) is 0. The molecule has 0 saturated heterocycles. The summed E-state index contributed by atoms with van der Waals surface area (Å²) in [6.45, 7) is 2.93. The summed E-state index contributed by atoms with van der Waals surface area (Å²) in [5, 5.41) is 12.6. The van der Waals surface area contributed by atoms with Crippen molar-refractivity contribution >= 4 is 23.4 Å². The molecular weight excluding hydrogens is 390 g/mol. The highest BCUT2D eigenvalue weighted by Gasteiger charge is 2.21. The summed E-state index contributed by atoms with van der Waals surface area (Å²) >= 11 is 1.30. The van der Waals surface area contributed by atoms with E-state index in [4.69, 9.17) is 9.84 Å². The Morgan fingerprint density at radius 3 is 2.90 bits per heavy atom. The molecule has 1 heterocycles. The lowest BCUT2D eigenvalue weighted by atomic mass is 9.97. The zero-order chi connectivity index (χ0) is 20.6. The van der Waals surface area contributed by atoms with Gasteiger partial charge in [0.25, 0.3) is 0 Å². The lowest BCUT2D eigenvalue weighted by Crippen LogP contribution is -2.30. The fraction of sp³-hybridized carbons (Fsp3) is 0.476. The molecule has 2 N–H and O–H groups in total. The fourth-order valence-corrected chi connectivity index (χ4v) is 4.37. The first-order chi connectivity index (χ1) is 14.1. The van der Waals surface area contributed by atoms with Gasteiger partial charge in [-0.1, -0.05) is 23.9 Å². The number of hydrogen-bond acceptors (Lipinski definition) is 6. The number of para-hydroxylation sites is 2. The van der Waals surface area contributed by atoms with E-state index in [1.54, 1.807) is 10.6 Å². The summed E-state index contributed by atoms with van der Waals surface area (Å²) in [5.74, 6) is 0.633. The van der Waals surface area contributed by atoms with Gasteiger partial charge in [-0.05, 0) is 51.2 Å². The van der Waals surface area contributed by atoms with Crippen LogP contribution in [-0.2, 0) is 24.2 Å². The lowest BCUT2D eigenvalue weighted by molar-refractivity contribution is -0.113. The van der Waals surface area contributed by atoms with Gasteiger partial charge in [0.05, 0.1) is 18.0 Å². The average molecular weight is 418 g/mol. The number of carbonyl (C=O) groups excluding carboxylic acids is 1. The molecule has 0 unspecified atom stereocenters. The van der Waals surface area contributed by atoms with Crippen molar-refractivity contribution < 1.29 is 14.6 Å². The van der Waals surface area contributed by atoms with Gasteiger partial charge in [-0.2, -0.15) is 4.98 Å². The number of nitrogens with one attached hydrogen (secondary N) is 1. The van der Waals surface area contributed by atoms with Gasteiger partial charge in [-0.3, -0.25) is 9.36 Å². The van der Waals surface area contributed by atoms with Crippen LogP contribution in [0.15, 0.2) is 34.1 Å². The molecule has 0 spiro atoms. The maximum Gasteiger partial charge on any atom is 0.348 e. The fourth-order valence-electron chi connectivity index (χ4n) is 3.50. The van der Waals surface area contributed by atoms with Gasteiger partial charge in [0.1, 0.15) is 10.8 Å². The van der Waals surface area contributed by atoms with Crippen molar-refractivity contribution in [3.8, 4) is 5.75 Å². The van der Waals surface area contributed by atoms with Crippen molar-refractivity contribution in [3.63, 3.8) is 0 Å². The van der Waals surface area contributed by atoms with Gasteiger partial charge in [0.2, 0.25) is 5.91 Å². The minimum Gasteiger partial charge on any atom is -0.492 e. The van der Waals surface area contributed by atoms with Crippen LogP contribution in [0, 0.1) is 0 Å². The number of anilines is 1. The van der Waals surface area contributed by atoms with Crippen molar-refractivity contribution in [2.24, 2.45) is 0 Å². The van der Waals surface area contributed by atoms with Crippen molar-refractivity contribution in [1.29, 1.82) is 0 Å². The number of ether oxygens (including phenoxy) is 1. The van der Waals surface area contributed by atoms with Crippen LogP contribution >= 0.6 is 11.8 Å². The Kier molecular flexibility index (Phi) is 7.71. The molecule has 0 fully saturated rings. The Labute approximate surface area is 174 Å². The van der Waals surface area contributed by atoms with Crippen LogP contribution < -0.4 is 15.7 Å². The van der Waals surface area contributed by atoms with E-state index in [1.165, 1.54) is 11.8 Å². The number of thioether (sulfide) groups is 1. The molecule has 1 aliphatic carbocycles. The number of aliphatic hydroxyl groups is 1. The number of fused-ring (bicyclic) bond motifs is 1. The third kappa shape index (κ3) is 5.39. The molecule has 1 amide bonds. The monoisotopic (exact) mass is 417 g/mol. The Morgan fingerprint density at radius 2 is 2.10 bits per heavy atom. The molecule has 7 nitrogen and oxygen atoms in total. The third-order valence-corrected chi connectivity index (χ3v) is 5.81. The van der Waals surface area contributed by atoms with Crippen LogP contribution in [-0.4, -0.2) is 39.5 Å². The highest BCUT2D eigenvalue weighted by atomic mass is 32.2. The van der Waals surface area contributed by atoms with Crippen molar-refractivity contribution in [3.05, 3.63) is 46.0 Å². The molecule has 29 heavy (non-hydrogen) atoms. The van der Waals surface area contributed by atoms with E-state index < -0.39 is 0 Å². The zero-order valence-electron chi connectivity index (χ0n) is 16.6. The maximum absolute atomic E-state index is 12.5. The van der Waals surface area contributed by atoms with Gasteiger partial charge < -0.3 is 15.2 Å². The normalized spacial score (nSPS) is 13.0. The van der Waals surface area contributed by atoms with Crippen LogP contribution in [0.25, 0.3) is 0 Å². The van der Waals surface area contributed by atoms with Gasteiger partial charge in [0, 0.05) is 24.4 Å². The molecule has 1 aromatic heterocycles. The molecule has 8 heteroatoms. The molecule has 0 aliphatic heterocycles. The molecular formula is C21H27N3O4S. The summed E-state index contributed by atoms with van der Waals surface area (Å²) < 4.78 is 7.23. The summed E-state index contributed by atoms with van der Waals surface area (Å²) in [4.78, 5) is 29.2. The minimum atomic E-state index is -0.302. The van der Waals surface area contributed by atoms with Crippen LogP contribution in [0.3, 0.4) is 0 Å². The Hall–Kier alpha value is -2.32. The van der Waals surface area contributed by atoms with Crippen LogP contribution in [0.1, 0.15) is 37.4 Å². The standard InChI is InChI=1S/C21H27N3O4S/c1-2-28-18-11-6-4-9-16(18)22-19(26)14-29-20-15-8-3-5-10-17(15)24(12-7-13-25)21(27)23-20/h4,6,9,11,25H,2-3,5,7-8,10,12-14H2,1H3,(H,22,26). The van der Waals surface area contributed by atoms with Gasteiger partial charge >= 0.3 is 5.69 Å². The topological polar surface area (TPSA) is 93.5 Å². The van der Waals surface area contributed by atoms with Crippen molar-refractivity contribution in [2.45, 2.75) is 50.6 Å². The second kappa shape index (κ2) is 10.5. The molecule has 3 rings (SSSR count). The van der Waals surface area contributed by atoms with Gasteiger partial charge in [-0.25, -0.2) is 4.79 Å². The Bertz CT molecular complexity index is 913. The summed E-state index contributed by atoms with van der Waals surface area (Å²) in [5.41, 5.74) is 2.41. The Morgan fingerprint density at radius 1 is 1.31 bits per heavy atom. The number of rotatable bonds is 9. The molecule has 0 radical (unpaired) electrons. The van der Waals surface area contributed by atoms with Gasteiger partial charge in [-0.15, -0.1) is 0 Å². The average Bonchev–Trinajstić information content (AvgIpc) is 2.73. The SMILES string of the molecule is CCOc1ccccc1NC(=O)CSc1nc(=O)n(CCCO)c2c1CCCC2. The van der Waals surface area contributed by atoms with E-state index in [0.717, 1.165) is 36.9 Å². The van der Waals surface area contributed by atoms with Crippen molar-refractivity contribution in [1.82, 2.24) is 9.55 Å². The number of nitrogens with zero attached hydrogens (tertiary/aromatic N) is 2. The molecule has 2 aromatic rings. The number of hydrogen-bond donors (Lipinski definition) is 2. The first-order valence-corrected chi connectivity index (χ1v) is 11.0. The van der Waals surface area contributed by atoms with Crippen molar-refractivity contribution in [2.75, 3.05) is 24.3 Å². The van der Waals surface area contributed by atoms with Crippen LogP contribution in [0.5, 0.6) is 5.75 Å². The predicted molar refractivity (Wildman–Crippen MR) is 114 cm³/mol. The van der Waals surface area contributed by atoms with E-state index in [0.29, 0.717) is 36.0 Å². The molecule has 0 atom stereocenters. The Balaban J connectivity index is 1.73. The molecule has 156 valence electrons. The number of amides is 1. The first kappa shape index (κ1) is 21.4. The smallest absolute Gasteiger partial charge is 0.348 e. The highest BCUT2D eigenvalue weighted by Crippen LogP contribution is 2.29. The molecule has 0 saturated carbocycles. The van der Waals surface area contributed by atoms with Crippen LogP contribution in [0.2, 0.25) is 0 Å². The molecule has 1 aromatic carbocycles. The largest absolute Gasteiger partial charge is 0.492 e. The number of aliphatic hydroxyl groups excluding tert-OH is 1. The van der Waals surface area contributed by atoms with Gasteiger partial charge in [0.15, 0.2) is 0 Å².